The standard InChI is InChI=1S/C16H22N2O/c1-16(6-9-19-10-7-16)12-17-11-14-4-2-3-13-5-8-18-15(13)14/h2-5,8,17-18H,6-7,9-12H2,1H3. The Bertz CT molecular complexity index is 540. The monoisotopic (exact) mass is 258 g/mol. The molecule has 1 aliphatic heterocycles. The van der Waals surface area contributed by atoms with Crippen LogP contribution in [0.1, 0.15) is 25.3 Å². The van der Waals surface area contributed by atoms with Gasteiger partial charge in [0.2, 0.25) is 0 Å². The van der Waals surface area contributed by atoms with Crippen molar-refractivity contribution >= 4 is 10.9 Å². The number of hydrogen-bond donors (Lipinski definition) is 2. The lowest BCUT2D eigenvalue weighted by molar-refractivity contribution is 0.0240. The summed E-state index contributed by atoms with van der Waals surface area (Å²) in [6.07, 6.45) is 4.33. The molecule has 0 spiro atoms. The predicted molar refractivity (Wildman–Crippen MR) is 78.2 cm³/mol. The minimum Gasteiger partial charge on any atom is -0.381 e. The van der Waals surface area contributed by atoms with Gasteiger partial charge in [0.15, 0.2) is 0 Å². The molecule has 3 rings (SSSR count). The lowest BCUT2D eigenvalue weighted by atomic mass is 9.82. The molecule has 1 aromatic carbocycles. The molecule has 2 N–H and O–H groups in total. The van der Waals surface area contributed by atoms with E-state index in [1.165, 1.54) is 16.5 Å². The second kappa shape index (κ2) is 5.35. The summed E-state index contributed by atoms with van der Waals surface area (Å²) in [7, 11) is 0. The van der Waals surface area contributed by atoms with Crippen LogP contribution < -0.4 is 5.32 Å². The molecule has 0 saturated carbocycles. The van der Waals surface area contributed by atoms with E-state index in [0.29, 0.717) is 5.41 Å². The molecule has 0 atom stereocenters. The molecule has 0 bridgehead atoms. The number of fused-ring (bicyclic) bond motifs is 1. The Balaban J connectivity index is 1.61. The Morgan fingerprint density at radius 3 is 2.95 bits per heavy atom. The molecule has 0 aliphatic carbocycles. The van der Waals surface area contributed by atoms with Crippen molar-refractivity contribution in [2.75, 3.05) is 19.8 Å². The zero-order valence-corrected chi connectivity index (χ0v) is 11.5. The van der Waals surface area contributed by atoms with Gasteiger partial charge in [0, 0.05) is 38.0 Å². The largest absolute Gasteiger partial charge is 0.381 e. The van der Waals surface area contributed by atoms with E-state index in [9.17, 15) is 0 Å². The van der Waals surface area contributed by atoms with Crippen molar-refractivity contribution in [2.24, 2.45) is 5.41 Å². The van der Waals surface area contributed by atoms with E-state index in [1.807, 2.05) is 6.20 Å². The highest BCUT2D eigenvalue weighted by Crippen LogP contribution is 2.28. The molecule has 19 heavy (non-hydrogen) atoms. The van der Waals surface area contributed by atoms with Crippen molar-refractivity contribution in [3.05, 3.63) is 36.0 Å². The molecule has 1 fully saturated rings. The second-order valence-electron chi connectivity index (χ2n) is 5.89. The van der Waals surface area contributed by atoms with E-state index < -0.39 is 0 Å². The number of ether oxygens (including phenoxy) is 1. The van der Waals surface area contributed by atoms with E-state index >= 15 is 0 Å². The van der Waals surface area contributed by atoms with E-state index in [4.69, 9.17) is 4.74 Å². The molecule has 0 amide bonds. The molecule has 0 radical (unpaired) electrons. The highest BCUT2D eigenvalue weighted by Gasteiger charge is 2.26. The maximum atomic E-state index is 5.44. The number of rotatable bonds is 4. The van der Waals surface area contributed by atoms with Gasteiger partial charge < -0.3 is 15.0 Å². The lowest BCUT2D eigenvalue weighted by Crippen LogP contribution is -2.36. The zero-order chi connectivity index (χ0) is 13.1. The first-order valence-electron chi connectivity index (χ1n) is 7.10. The first-order valence-corrected chi connectivity index (χ1v) is 7.10. The van der Waals surface area contributed by atoms with Gasteiger partial charge in [0.1, 0.15) is 0 Å². The molecule has 3 nitrogen and oxygen atoms in total. The number of aromatic amines is 1. The van der Waals surface area contributed by atoms with Gasteiger partial charge in [-0.25, -0.2) is 0 Å². The summed E-state index contributed by atoms with van der Waals surface area (Å²) < 4.78 is 5.44. The Labute approximate surface area is 114 Å². The highest BCUT2D eigenvalue weighted by atomic mass is 16.5. The maximum absolute atomic E-state index is 5.44. The number of benzene rings is 1. The van der Waals surface area contributed by atoms with Gasteiger partial charge >= 0.3 is 0 Å². The van der Waals surface area contributed by atoms with Crippen LogP contribution in [0, 0.1) is 5.41 Å². The number of nitrogens with one attached hydrogen (secondary N) is 2. The average molecular weight is 258 g/mol. The molecular formula is C16H22N2O. The van der Waals surface area contributed by atoms with Crippen LogP contribution in [0.15, 0.2) is 30.5 Å². The van der Waals surface area contributed by atoms with Crippen molar-refractivity contribution in [2.45, 2.75) is 26.3 Å². The number of para-hydroxylation sites is 1. The van der Waals surface area contributed by atoms with Crippen LogP contribution in [0.25, 0.3) is 10.9 Å². The average Bonchev–Trinajstić information content (AvgIpc) is 2.88. The summed E-state index contributed by atoms with van der Waals surface area (Å²) in [5.74, 6) is 0. The Hall–Kier alpha value is -1.32. The minimum atomic E-state index is 0.391. The Morgan fingerprint density at radius 2 is 2.11 bits per heavy atom. The van der Waals surface area contributed by atoms with Crippen LogP contribution in [0.5, 0.6) is 0 Å². The quantitative estimate of drug-likeness (QED) is 0.884. The predicted octanol–water partition coefficient (Wildman–Crippen LogP) is 3.07. The first kappa shape index (κ1) is 12.7. The number of aromatic nitrogens is 1. The molecule has 2 aromatic rings. The molecular weight excluding hydrogens is 236 g/mol. The van der Waals surface area contributed by atoms with Gasteiger partial charge in [-0.15, -0.1) is 0 Å². The van der Waals surface area contributed by atoms with Crippen LogP contribution in [0.2, 0.25) is 0 Å². The van der Waals surface area contributed by atoms with Gasteiger partial charge in [-0.05, 0) is 35.3 Å². The minimum absolute atomic E-state index is 0.391. The molecule has 2 heterocycles. The van der Waals surface area contributed by atoms with E-state index in [2.05, 4.69) is 41.5 Å². The van der Waals surface area contributed by atoms with E-state index in [-0.39, 0.29) is 0 Å². The van der Waals surface area contributed by atoms with Crippen LogP contribution in [-0.2, 0) is 11.3 Å². The summed E-state index contributed by atoms with van der Waals surface area (Å²) in [6.45, 7) is 6.16. The van der Waals surface area contributed by atoms with Gasteiger partial charge in [-0.1, -0.05) is 25.1 Å². The third-order valence-corrected chi connectivity index (χ3v) is 4.24. The first-order chi connectivity index (χ1) is 9.27. The second-order valence-corrected chi connectivity index (χ2v) is 5.89. The van der Waals surface area contributed by atoms with Crippen LogP contribution in [0.4, 0.5) is 0 Å². The van der Waals surface area contributed by atoms with Crippen molar-refractivity contribution in [3.63, 3.8) is 0 Å². The summed E-state index contributed by atoms with van der Waals surface area (Å²) in [5.41, 5.74) is 2.99. The van der Waals surface area contributed by atoms with Crippen molar-refractivity contribution < 1.29 is 4.74 Å². The van der Waals surface area contributed by atoms with Crippen LogP contribution in [0.3, 0.4) is 0 Å². The molecule has 102 valence electrons. The normalized spacial score (nSPS) is 18.8. The third kappa shape index (κ3) is 2.82. The van der Waals surface area contributed by atoms with Gasteiger partial charge in [0.25, 0.3) is 0 Å². The Morgan fingerprint density at radius 1 is 1.26 bits per heavy atom. The zero-order valence-electron chi connectivity index (χ0n) is 11.5. The molecule has 3 heteroatoms. The fourth-order valence-electron chi connectivity index (χ4n) is 2.84. The van der Waals surface area contributed by atoms with Gasteiger partial charge in [-0.2, -0.15) is 0 Å². The van der Waals surface area contributed by atoms with Crippen LogP contribution >= 0.6 is 0 Å². The smallest absolute Gasteiger partial charge is 0.0499 e. The van der Waals surface area contributed by atoms with Gasteiger partial charge in [0.05, 0.1) is 0 Å². The summed E-state index contributed by atoms with van der Waals surface area (Å²) >= 11 is 0. The summed E-state index contributed by atoms with van der Waals surface area (Å²) in [5, 5.41) is 4.91. The van der Waals surface area contributed by atoms with Crippen LogP contribution in [-0.4, -0.2) is 24.7 Å². The van der Waals surface area contributed by atoms with E-state index in [1.54, 1.807) is 0 Å². The fraction of sp³-hybridized carbons (Fsp3) is 0.500. The van der Waals surface area contributed by atoms with Crippen molar-refractivity contribution in [3.8, 4) is 0 Å². The SMILES string of the molecule is CC1(CNCc2cccc3cc[nH]c23)CCOCC1. The lowest BCUT2D eigenvalue weighted by Gasteiger charge is -2.33. The topological polar surface area (TPSA) is 37.0 Å². The molecule has 0 unspecified atom stereocenters. The summed E-state index contributed by atoms with van der Waals surface area (Å²) in [6, 6.07) is 8.59. The molecule has 1 aliphatic rings. The molecule has 1 aromatic heterocycles. The van der Waals surface area contributed by atoms with Crippen molar-refractivity contribution in [1.29, 1.82) is 0 Å². The van der Waals surface area contributed by atoms with Gasteiger partial charge in [-0.3, -0.25) is 0 Å². The fourth-order valence-corrected chi connectivity index (χ4v) is 2.84. The highest BCUT2D eigenvalue weighted by molar-refractivity contribution is 5.82. The van der Waals surface area contributed by atoms with Crippen molar-refractivity contribution in [1.82, 2.24) is 10.3 Å². The number of H-pyrrole nitrogens is 1. The van der Waals surface area contributed by atoms with E-state index in [0.717, 1.165) is 39.1 Å². The Kier molecular flexibility index (Phi) is 3.58. The molecule has 1 saturated heterocycles. The third-order valence-electron chi connectivity index (χ3n) is 4.24. The summed E-state index contributed by atoms with van der Waals surface area (Å²) in [4.78, 5) is 3.33. The maximum Gasteiger partial charge on any atom is 0.0499 e. The number of hydrogen-bond acceptors (Lipinski definition) is 2.